The second-order valence-corrected chi connectivity index (χ2v) is 7.54. The van der Waals surface area contributed by atoms with Crippen molar-refractivity contribution in [3.8, 4) is 0 Å². The summed E-state index contributed by atoms with van der Waals surface area (Å²) in [5.74, 6) is -1.08. The van der Waals surface area contributed by atoms with Gasteiger partial charge in [0.2, 0.25) is 0 Å². The molecule has 3 aliphatic rings. The van der Waals surface area contributed by atoms with E-state index < -0.39 is 17.0 Å². The van der Waals surface area contributed by atoms with Crippen molar-refractivity contribution in [2.45, 2.75) is 43.8 Å². The summed E-state index contributed by atoms with van der Waals surface area (Å²) in [7, 11) is 2.76. The van der Waals surface area contributed by atoms with E-state index in [0.29, 0.717) is 6.42 Å². The summed E-state index contributed by atoms with van der Waals surface area (Å²) in [6.07, 6.45) is 1.23. The molecule has 2 bridgehead atoms. The lowest BCUT2D eigenvalue weighted by Crippen LogP contribution is -2.54. The van der Waals surface area contributed by atoms with Crippen LogP contribution < -0.4 is 0 Å². The summed E-state index contributed by atoms with van der Waals surface area (Å²) in [6, 6.07) is 7.84. The molecule has 128 valence electrons. The van der Waals surface area contributed by atoms with Crippen LogP contribution >= 0.6 is 0 Å². The van der Waals surface area contributed by atoms with E-state index in [4.69, 9.17) is 14.2 Å². The van der Waals surface area contributed by atoms with Crippen molar-refractivity contribution in [2.24, 2.45) is 11.3 Å². The molecule has 1 heterocycles. The molecule has 0 radical (unpaired) electrons. The van der Waals surface area contributed by atoms with Gasteiger partial charge in [-0.25, -0.2) is 4.79 Å². The minimum atomic E-state index is -1.23. The third-order valence-corrected chi connectivity index (χ3v) is 6.62. The van der Waals surface area contributed by atoms with E-state index in [1.165, 1.54) is 14.2 Å². The zero-order valence-corrected chi connectivity index (χ0v) is 14.4. The van der Waals surface area contributed by atoms with E-state index >= 15 is 0 Å². The van der Waals surface area contributed by atoms with Crippen LogP contribution in [0.1, 0.15) is 37.8 Å². The molecule has 0 N–H and O–H groups in total. The minimum Gasteiger partial charge on any atom is -0.469 e. The van der Waals surface area contributed by atoms with Crippen LogP contribution in [0, 0.1) is 11.3 Å². The lowest BCUT2D eigenvalue weighted by Gasteiger charge is -2.46. The average Bonchev–Trinajstić information content (AvgIpc) is 2.94. The van der Waals surface area contributed by atoms with Crippen molar-refractivity contribution in [2.75, 3.05) is 14.2 Å². The smallest absolute Gasteiger partial charge is 0.343 e. The van der Waals surface area contributed by atoms with E-state index in [2.05, 4.69) is 6.92 Å². The number of methoxy groups -OCH3 is 2. The fraction of sp³-hybridized carbons (Fsp3) is 0.579. The quantitative estimate of drug-likeness (QED) is 0.779. The Balaban J connectivity index is 2.05. The van der Waals surface area contributed by atoms with Crippen molar-refractivity contribution < 1.29 is 23.8 Å². The SMILES string of the molecule is COC(=O)[C@]12OC3CC[C@@](C)(c4ccccc41)[C@@H]2[C@]3(C)C(=O)OC. The first-order valence-electron chi connectivity index (χ1n) is 8.32. The lowest BCUT2D eigenvalue weighted by atomic mass is 9.54. The van der Waals surface area contributed by atoms with Gasteiger partial charge in [0.05, 0.1) is 25.7 Å². The molecule has 5 nitrogen and oxygen atoms in total. The lowest BCUT2D eigenvalue weighted by molar-refractivity contribution is -0.172. The van der Waals surface area contributed by atoms with E-state index in [0.717, 1.165) is 17.5 Å². The van der Waals surface area contributed by atoms with Crippen molar-refractivity contribution in [3.05, 3.63) is 35.4 Å². The monoisotopic (exact) mass is 330 g/mol. The van der Waals surface area contributed by atoms with Gasteiger partial charge in [-0.05, 0) is 30.9 Å². The first-order valence-corrected chi connectivity index (χ1v) is 8.32. The van der Waals surface area contributed by atoms with E-state index in [1.807, 2.05) is 31.2 Å². The van der Waals surface area contributed by atoms with Gasteiger partial charge in [0.15, 0.2) is 5.60 Å². The maximum atomic E-state index is 12.9. The molecule has 2 fully saturated rings. The van der Waals surface area contributed by atoms with Crippen LogP contribution in [0.15, 0.2) is 24.3 Å². The largest absolute Gasteiger partial charge is 0.469 e. The van der Waals surface area contributed by atoms with Gasteiger partial charge in [-0.15, -0.1) is 0 Å². The van der Waals surface area contributed by atoms with Crippen molar-refractivity contribution >= 4 is 11.9 Å². The Bertz CT molecular complexity index is 743. The van der Waals surface area contributed by atoms with Gasteiger partial charge in [0.25, 0.3) is 0 Å². The first-order chi connectivity index (χ1) is 11.4. The van der Waals surface area contributed by atoms with Gasteiger partial charge >= 0.3 is 11.9 Å². The Labute approximate surface area is 141 Å². The molecular formula is C19H22O5. The van der Waals surface area contributed by atoms with Gasteiger partial charge < -0.3 is 14.2 Å². The molecule has 0 amide bonds. The number of carbonyl (C=O) groups excluding carboxylic acids is 2. The predicted molar refractivity (Wildman–Crippen MR) is 85.2 cm³/mol. The summed E-state index contributed by atoms with van der Waals surface area (Å²) < 4.78 is 16.7. The number of carbonyl (C=O) groups is 2. The van der Waals surface area contributed by atoms with E-state index in [9.17, 15) is 9.59 Å². The highest BCUT2D eigenvalue weighted by molar-refractivity contribution is 5.89. The molecule has 5 heteroatoms. The number of hydrogen-bond acceptors (Lipinski definition) is 5. The summed E-state index contributed by atoms with van der Waals surface area (Å²) >= 11 is 0. The third kappa shape index (κ3) is 1.41. The van der Waals surface area contributed by atoms with Crippen molar-refractivity contribution in [1.29, 1.82) is 0 Å². The highest BCUT2D eigenvalue weighted by Gasteiger charge is 2.79. The number of esters is 2. The molecule has 4 rings (SSSR count). The van der Waals surface area contributed by atoms with Crippen LogP contribution in [0.5, 0.6) is 0 Å². The molecule has 1 saturated carbocycles. The maximum absolute atomic E-state index is 12.9. The molecule has 1 unspecified atom stereocenters. The molecule has 1 aromatic carbocycles. The predicted octanol–water partition coefficient (Wildman–Crippen LogP) is 2.31. The molecule has 2 aliphatic carbocycles. The number of ether oxygens (including phenoxy) is 3. The molecule has 1 saturated heterocycles. The van der Waals surface area contributed by atoms with Crippen molar-refractivity contribution in [1.82, 2.24) is 0 Å². The molecular weight excluding hydrogens is 308 g/mol. The second-order valence-electron chi connectivity index (χ2n) is 7.54. The summed E-state index contributed by atoms with van der Waals surface area (Å²) in [5, 5.41) is 0. The average molecular weight is 330 g/mol. The van der Waals surface area contributed by atoms with Gasteiger partial charge in [0.1, 0.15) is 0 Å². The topological polar surface area (TPSA) is 61.8 Å². The Kier molecular flexibility index (Phi) is 3.00. The zero-order chi connectivity index (χ0) is 17.3. The van der Waals surface area contributed by atoms with Gasteiger partial charge in [-0.3, -0.25) is 4.79 Å². The van der Waals surface area contributed by atoms with Crippen LogP contribution in [0.25, 0.3) is 0 Å². The Morgan fingerprint density at radius 1 is 1.08 bits per heavy atom. The third-order valence-electron chi connectivity index (χ3n) is 6.62. The second kappa shape index (κ2) is 4.60. The number of rotatable bonds is 2. The fourth-order valence-electron chi connectivity index (χ4n) is 5.78. The van der Waals surface area contributed by atoms with E-state index in [-0.39, 0.29) is 23.4 Å². The van der Waals surface area contributed by atoms with Crippen LogP contribution in [-0.4, -0.2) is 32.3 Å². The van der Waals surface area contributed by atoms with Gasteiger partial charge in [-0.1, -0.05) is 31.2 Å². The molecule has 0 aromatic heterocycles. The number of fused-ring (bicyclic) bond motifs is 4. The summed E-state index contributed by atoms with van der Waals surface area (Å²) in [4.78, 5) is 25.7. The van der Waals surface area contributed by atoms with E-state index in [1.54, 1.807) is 0 Å². The Morgan fingerprint density at radius 2 is 1.71 bits per heavy atom. The zero-order valence-electron chi connectivity index (χ0n) is 14.4. The van der Waals surface area contributed by atoms with Crippen LogP contribution in [-0.2, 0) is 34.8 Å². The maximum Gasteiger partial charge on any atom is 0.343 e. The first kappa shape index (κ1) is 15.6. The highest BCUT2D eigenvalue weighted by atomic mass is 16.6. The summed E-state index contributed by atoms with van der Waals surface area (Å²) in [6.45, 7) is 4.01. The Morgan fingerprint density at radius 3 is 2.33 bits per heavy atom. The van der Waals surface area contributed by atoms with Gasteiger partial charge in [-0.2, -0.15) is 0 Å². The van der Waals surface area contributed by atoms with Crippen LogP contribution in [0.4, 0.5) is 0 Å². The van der Waals surface area contributed by atoms with Gasteiger partial charge in [0, 0.05) is 11.3 Å². The minimum absolute atomic E-state index is 0.318. The fourth-order valence-corrected chi connectivity index (χ4v) is 5.78. The van der Waals surface area contributed by atoms with Crippen LogP contribution in [0.2, 0.25) is 0 Å². The molecule has 0 spiro atoms. The summed E-state index contributed by atoms with van der Waals surface area (Å²) in [5.41, 5.74) is -0.532. The Hall–Kier alpha value is -1.88. The van der Waals surface area contributed by atoms with Crippen LogP contribution in [0.3, 0.4) is 0 Å². The normalized spacial score (nSPS) is 41.7. The highest BCUT2D eigenvalue weighted by Crippen LogP contribution is 2.71. The molecule has 1 aromatic rings. The molecule has 5 atom stereocenters. The van der Waals surface area contributed by atoms with Crippen molar-refractivity contribution in [3.63, 3.8) is 0 Å². The number of benzene rings is 1. The standard InChI is InChI=1S/C19H22O5/c1-17-10-9-13-18(2,15(20)22-3)14(17)19(24-13,16(21)23-4)12-8-6-5-7-11(12)17/h5-8,13-14H,9-10H2,1-4H3/t13?,14-,17+,18-,19+/m1/s1. The number of hydrogen-bond donors (Lipinski definition) is 0. The molecule has 1 aliphatic heterocycles. The molecule has 24 heavy (non-hydrogen) atoms.